The summed E-state index contributed by atoms with van der Waals surface area (Å²) in [6, 6.07) is -0.159. The molecule has 1 fully saturated rings. The molecule has 122 valence electrons. The van der Waals surface area contributed by atoms with Gasteiger partial charge in [-0.25, -0.2) is 0 Å². The highest BCUT2D eigenvalue weighted by Gasteiger charge is 2.30. The van der Waals surface area contributed by atoms with E-state index >= 15 is 0 Å². The van der Waals surface area contributed by atoms with Crippen LogP contribution in [0.1, 0.15) is 46.5 Å². The Morgan fingerprint density at radius 2 is 2.00 bits per heavy atom. The number of nitrogens with zero attached hydrogens (tertiary/aromatic N) is 1. The van der Waals surface area contributed by atoms with Gasteiger partial charge < -0.3 is 15.0 Å². The van der Waals surface area contributed by atoms with Crippen molar-refractivity contribution in [2.24, 2.45) is 11.8 Å². The molecule has 5 nitrogen and oxygen atoms in total. The van der Waals surface area contributed by atoms with Gasteiger partial charge in [0, 0.05) is 6.54 Å². The van der Waals surface area contributed by atoms with Crippen molar-refractivity contribution >= 4 is 11.9 Å². The lowest BCUT2D eigenvalue weighted by molar-refractivity contribution is -0.148. The molecule has 1 rings (SSSR count). The molecule has 1 saturated heterocycles. The number of carbonyl (C=O) groups is 2. The van der Waals surface area contributed by atoms with Gasteiger partial charge in [0.25, 0.3) is 0 Å². The number of piperidine rings is 1. The minimum Gasteiger partial charge on any atom is -0.468 e. The zero-order chi connectivity index (χ0) is 15.8. The molecule has 21 heavy (non-hydrogen) atoms. The first-order valence-electron chi connectivity index (χ1n) is 8.10. The van der Waals surface area contributed by atoms with Gasteiger partial charge in [0.2, 0.25) is 5.91 Å². The van der Waals surface area contributed by atoms with Gasteiger partial charge in [0.05, 0.1) is 13.2 Å². The molecule has 1 N–H and O–H groups in total. The zero-order valence-corrected chi connectivity index (χ0v) is 13.9. The summed E-state index contributed by atoms with van der Waals surface area (Å²) >= 11 is 0. The highest BCUT2D eigenvalue weighted by Crippen LogP contribution is 2.18. The van der Waals surface area contributed by atoms with Gasteiger partial charge in [0.1, 0.15) is 6.54 Å². The van der Waals surface area contributed by atoms with Crippen molar-refractivity contribution in [3.05, 3.63) is 0 Å². The van der Waals surface area contributed by atoms with Gasteiger partial charge in [0.15, 0.2) is 0 Å². The molecule has 1 aliphatic heterocycles. The van der Waals surface area contributed by atoms with E-state index in [4.69, 9.17) is 4.74 Å². The van der Waals surface area contributed by atoms with Gasteiger partial charge >= 0.3 is 5.97 Å². The van der Waals surface area contributed by atoms with Crippen LogP contribution in [0.4, 0.5) is 0 Å². The summed E-state index contributed by atoms with van der Waals surface area (Å²) in [5.41, 5.74) is 0. The molecule has 2 unspecified atom stereocenters. The van der Waals surface area contributed by atoms with E-state index in [1.54, 1.807) is 4.90 Å². The van der Waals surface area contributed by atoms with Crippen LogP contribution in [0.5, 0.6) is 0 Å². The summed E-state index contributed by atoms with van der Waals surface area (Å²) < 4.78 is 4.73. The number of hydrogen-bond acceptors (Lipinski definition) is 4. The first-order chi connectivity index (χ1) is 10.0. The molecule has 1 amide bonds. The standard InChI is InChI=1S/C16H30N2O3/c1-5-13(6-2)10-18(11-15(19)21-4)16(20)14-9-12(3)7-8-17-14/h12-14,17H,5-11H2,1-4H3. The van der Waals surface area contributed by atoms with Crippen LogP contribution in [-0.4, -0.2) is 49.6 Å². The van der Waals surface area contributed by atoms with Crippen LogP contribution in [0, 0.1) is 11.8 Å². The number of rotatable bonds is 7. The Labute approximate surface area is 128 Å². The van der Waals surface area contributed by atoms with Gasteiger partial charge in [-0.15, -0.1) is 0 Å². The molecule has 1 aliphatic rings. The van der Waals surface area contributed by atoms with Crippen molar-refractivity contribution in [2.45, 2.75) is 52.5 Å². The molecule has 0 aromatic carbocycles. The normalized spacial score (nSPS) is 22.1. The van der Waals surface area contributed by atoms with Crippen LogP contribution in [0.25, 0.3) is 0 Å². The first-order valence-corrected chi connectivity index (χ1v) is 8.10. The number of amides is 1. The summed E-state index contributed by atoms with van der Waals surface area (Å²) in [5.74, 6) is 0.671. The molecular weight excluding hydrogens is 268 g/mol. The predicted molar refractivity (Wildman–Crippen MR) is 82.9 cm³/mol. The Morgan fingerprint density at radius 1 is 1.33 bits per heavy atom. The van der Waals surface area contributed by atoms with Gasteiger partial charge in [-0.05, 0) is 31.2 Å². The molecule has 5 heteroatoms. The Bertz CT molecular complexity index is 342. The van der Waals surface area contributed by atoms with Gasteiger partial charge in [-0.1, -0.05) is 33.6 Å². The lowest BCUT2D eigenvalue weighted by Gasteiger charge is -2.33. The number of carbonyl (C=O) groups excluding carboxylic acids is 2. The summed E-state index contributed by atoms with van der Waals surface area (Å²) in [6.45, 7) is 7.97. The quantitative estimate of drug-likeness (QED) is 0.728. The number of hydrogen-bond donors (Lipinski definition) is 1. The van der Waals surface area contributed by atoms with Crippen LogP contribution < -0.4 is 5.32 Å². The molecule has 0 aromatic rings. The van der Waals surface area contributed by atoms with E-state index in [-0.39, 0.29) is 24.5 Å². The molecule has 0 saturated carbocycles. The largest absolute Gasteiger partial charge is 0.468 e. The smallest absolute Gasteiger partial charge is 0.325 e. The zero-order valence-electron chi connectivity index (χ0n) is 13.9. The van der Waals surface area contributed by atoms with Crippen molar-refractivity contribution in [3.63, 3.8) is 0 Å². The number of esters is 1. The maximum Gasteiger partial charge on any atom is 0.325 e. The van der Waals surface area contributed by atoms with Crippen molar-refractivity contribution in [2.75, 3.05) is 26.7 Å². The minimum absolute atomic E-state index is 0.0406. The summed E-state index contributed by atoms with van der Waals surface area (Å²) in [6.07, 6.45) is 3.97. The van der Waals surface area contributed by atoms with Crippen molar-refractivity contribution in [3.8, 4) is 0 Å². The fraction of sp³-hybridized carbons (Fsp3) is 0.875. The summed E-state index contributed by atoms with van der Waals surface area (Å²) in [4.78, 5) is 26.0. The van der Waals surface area contributed by atoms with E-state index in [2.05, 4.69) is 26.1 Å². The van der Waals surface area contributed by atoms with Crippen LogP contribution in [0.2, 0.25) is 0 Å². The van der Waals surface area contributed by atoms with Crippen LogP contribution in [-0.2, 0) is 14.3 Å². The first kappa shape index (κ1) is 18.0. The Morgan fingerprint density at radius 3 is 2.52 bits per heavy atom. The van der Waals surface area contributed by atoms with Crippen molar-refractivity contribution < 1.29 is 14.3 Å². The average molecular weight is 298 g/mol. The van der Waals surface area contributed by atoms with E-state index in [0.717, 1.165) is 32.2 Å². The third kappa shape index (κ3) is 5.65. The Kier molecular flexibility index (Phi) is 7.72. The second-order valence-electron chi connectivity index (χ2n) is 6.11. The maximum atomic E-state index is 12.7. The molecular formula is C16H30N2O3. The lowest BCUT2D eigenvalue weighted by atomic mass is 9.93. The number of methoxy groups -OCH3 is 1. The highest BCUT2D eigenvalue weighted by molar-refractivity contribution is 5.85. The number of nitrogens with one attached hydrogen (secondary N) is 1. The molecule has 2 atom stereocenters. The van der Waals surface area contributed by atoms with E-state index in [9.17, 15) is 9.59 Å². The summed E-state index contributed by atoms with van der Waals surface area (Å²) in [5, 5.41) is 3.29. The van der Waals surface area contributed by atoms with Crippen LogP contribution in [0.15, 0.2) is 0 Å². The second kappa shape index (κ2) is 9.03. The van der Waals surface area contributed by atoms with E-state index in [1.165, 1.54) is 7.11 Å². The van der Waals surface area contributed by atoms with Gasteiger partial charge in [-0.2, -0.15) is 0 Å². The van der Waals surface area contributed by atoms with Crippen LogP contribution in [0.3, 0.4) is 0 Å². The molecule has 0 radical (unpaired) electrons. The molecule has 0 bridgehead atoms. The van der Waals surface area contributed by atoms with Crippen molar-refractivity contribution in [1.82, 2.24) is 10.2 Å². The lowest BCUT2D eigenvalue weighted by Crippen LogP contribution is -2.52. The molecule has 1 heterocycles. The summed E-state index contributed by atoms with van der Waals surface area (Å²) in [7, 11) is 1.36. The predicted octanol–water partition coefficient (Wildman–Crippen LogP) is 1.81. The fourth-order valence-electron chi connectivity index (χ4n) is 2.83. The molecule has 0 aromatic heterocycles. The SMILES string of the molecule is CCC(CC)CN(CC(=O)OC)C(=O)C1CC(C)CCN1. The Balaban J connectivity index is 2.73. The third-order valence-corrected chi connectivity index (χ3v) is 4.46. The second-order valence-corrected chi connectivity index (χ2v) is 6.11. The van der Waals surface area contributed by atoms with E-state index < -0.39 is 0 Å². The molecule has 0 spiro atoms. The number of ether oxygens (including phenoxy) is 1. The topological polar surface area (TPSA) is 58.6 Å². The van der Waals surface area contributed by atoms with Gasteiger partial charge in [-0.3, -0.25) is 9.59 Å². The minimum atomic E-state index is -0.349. The molecule has 0 aliphatic carbocycles. The highest BCUT2D eigenvalue weighted by atomic mass is 16.5. The monoisotopic (exact) mass is 298 g/mol. The Hall–Kier alpha value is -1.10. The van der Waals surface area contributed by atoms with E-state index in [0.29, 0.717) is 18.4 Å². The average Bonchev–Trinajstić information content (AvgIpc) is 2.50. The third-order valence-electron chi connectivity index (χ3n) is 4.46. The fourth-order valence-corrected chi connectivity index (χ4v) is 2.83. The van der Waals surface area contributed by atoms with E-state index in [1.807, 2.05) is 0 Å². The maximum absolute atomic E-state index is 12.7. The van der Waals surface area contributed by atoms with Crippen molar-refractivity contribution in [1.29, 1.82) is 0 Å². The van der Waals surface area contributed by atoms with Crippen LogP contribution >= 0.6 is 0 Å².